The summed E-state index contributed by atoms with van der Waals surface area (Å²) in [5.41, 5.74) is 5.48. The third-order valence-corrected chi connectivity index (χ3v) is 5.23. The van der Waals surface area contributed by atoms with Crippen LogP contribution >= 0.6 is 0 Å². The molecule has 0 spiro atoms. The molecule has 0 unspecified atom stereocenters. The first-order valence-corrected chi connectivity index (χ1v) is 11.5. The Balaban J connectivity index is 1.80. The summed E-state index contributed by atoms with van der Waals surface area (Å²) in [6.07, 6.45) is 6.67. The highest BCUT2D eigenvalue weighted by atomic mass is 16.3. The third kappa shape index (κ3) is 7.57. The minimum atomic E-state index is -0.534. The lowest BCUT2D eigenvalue weighted by atomic mass is 10.1. The Labute approximate surface area is 205 Å². The molecule has 0 saturated heterocycles. The van der Waals surface area contributed by atoms with Crippen molar-refractivity contribution in [3.63, 3.8) is 0 Å². The molecule has 35 heavy (non-hydrogen) atoms. The largest absolute Gasteiger partial charge is 0.465 e. The lowest BCUT2D eigenvalue weighted by Gasteiger charge is -2.21. The zero-order valence-electron chi connectivity index (χ0n) is 20.2. The first-order valence-electron chi connectivity index (χ1n) is 11.5. The second kappa shape index (κ2) is 12.7. The molecular formula is C28H30N4O3. The van der Waals surface area contributed by atoms with Gasteiger partial charge < -0.3 is 14.6 Å². The smallest absolute Gasteiger partial charge is 0.287 e. The zero-order chi connectivity index (χ0) is 25.0. The molecule has 2 amide bonds. The number of nitrogens with zero attached hydrogens (tertiary/aromatic N) is 2. The Morgan fingerprint density at radius 3 is 2.31 bits per heavy atom. The van der Waals surface area contributed by atoms with Crippen molar-refractivity contribution in [2.45, 2.75) is 20.8 Å². The number of nitrogens with one attached hydrogen (secondary N) is 2. The average Bonchev–Trinajstić information content (AvgIpc) is 3.41. The number of hydrogen-bond donors (Lipinski definition) is 2. The van der Waals surface area contributed by atoms with Crippen LogP contribution in [0.5, 0.6) is 0 Å². The summed E-state index contributed by atoms with van der Waals surface area (Å²) in [5.74, 6) is -0.243. The Bertz CT molecular complexity index is 1190. The van der Waals surface area contributed by atoms with Gasteiger partial charge in [-0.15, -0.1) is 0 Å². The van der Waals surface area contributed by atoms with Crippen LogP contribution in [0, 0.1) is 0 Å². The van der Waals surface area contributed by atoms with E-state index in [0.29, 0.717) is 17.0 Å². The van der Waals surface area contributed by atoms with Crippen molar-refractivity contribution < 1.29 is 14.0 Å². The lowest BCUT2D eigenvalue weighted by Crippen LogP contribution is -2.33. The molecule has 0 bridgehead atoms. The molecule has 1 heterocycles. The van der Waals surface area contributed by atoms with E-state index in [9.17, 15) is 9.59 Å². The van der Waals surface area contributed by atoms with Crippen molar-refractivity contribution in [2.75, 3.05) is 18.0 Å². The number of carbonyl (C=O) groups excluding carboxylic acids is 2. The summed E-state index contributed by atoms with van der Waals surface area (Å²) < 4.78 is 5.25. The quantitative estimate of drug-likeness (QED) is 0.245. The van der Waals surface area contributed by atoms with Crippen LogP contribution in [0.15, 0.2) is 94.3 Å². The molecule has 0 atom stereocenters. The third-order valence-electron chi connectivity index (χ3n) is 5.23. The molecule has 0 aliphatic rings. The van der Waals surface area contributed by atoms with Gasteiger partial charge >= 0.3 is 0 Å². The maximum Gasteiger partial charge on any atom is 0.287 e. The van der Waals surface area contributed by atoms with Crippen LogP contribution in [-0.2, 0) is 4.79 Å². The van der Waals surface area contributed by atoms with E-state index in [1.807, 2.05) is 36.4 Å². The number of hydrazone groups is 1. The van der Waals surface area contributed by atoms with Crippen LogP contribution < -0.4 is 15.6 Å². The van der Waals surface area contributed by atoms with Gasteiger partial charge in [-0.05, 0) is 81.0 Å². The highest BCUT2D eigenvalue weighted by molar-refractivity contribution is 6.06. The molecule has 2 aromatic carbocycles. The van der Waals surface area contributed by atoms with Gasteiger partial charge in [0.15, 0.2) is 0 Å². The summed E-state index contributed by atoms with van der Waals surface area (Å²) in [4.78, 5) is 27.9. The number of amides is 2. The van der Waals surface area contributed by atoms with Crippen molar-refractivity contribution in [3.8, 4) is 0 Å². The molecule has 3 aromatic rings. The monoisotopic (exact) mass is 470 g/mol. The van der Waals surface area contributed by atoms with Gasteiger partial charge in [-0.3, -0.25) is 9.59 Å². The standard InChI is InChI=1S/C28H30N4O3/c1-4-32(5-2)24-16-14-22(15-17-24)20-26(29-27(33)23-10-7-6-8-11-23)28(34)31-30-21(3)13-18-25-12-9-19-35-25/h6-20H,4-5H2,1-3H3,(H,29,33)(H,31,34)/b18-13+,26-20-,30-21?. The molecule has 7 heteroatoms. The maximum absolute atomic E-state index is 13.0. The first kappa shape index (κ1) is 25.2. The molecule has 3 rings (SSSR count). The van der Waals surface area contributed by atoms with Crippen LogP contribution in [0.2, 0.25) is 0 Å². The van der Waals surface area contributed by atoms with E-state index in [4.69, 9.17) is 4.42 Å². The SMILES string of the molecule is CCN(CC)c1ccc(/C=C(\NC(=O)c2ccccc2)C(=O)NN=C(C)/C=C/c2ccco2)cc1. The fraction of sp³-hybridized carbons (Fsp3) is 0.179. The Morgan fingerprint density at radius 1 is 0.971 bits per heavy atom. The van der Waals surface area contributed by atoms with E-state index < -0.39 is 5.91 Å². The van der Waals surface area contributed by atoms with Gasteiger partial charge in [-0.25, -0.2) is 5.43 Å². The van der Waals surface area contributed by atoms with Crippen LogP contribution in [0.3, 0.4) is 0 Å². The zero-order valence-corrected chi connectivity index (χ0v) is 20.2. The van der Waals surface area contributed by atoms with Crippen molar-refractivity contribution in [3.05, 3.63) is 102 Å². The predicted molar refractivity (Wildman–Crippen MR) is 141 cm³/mol. The van der Waals surface area contributed by atoms with E-state index in [-0.39, 0.29) is 11.6 Å². The van der Waals surface area contributed by atoms with Crippen molar-refractivity contribution in [1.82, 2.24) is 10.7 Å². The second-order valence-electron chi connectivity index (χ2n) is 7.68. The fourth-order valence-corrected chi connectivity index (χ4v) is 3.30. The molecule has 0 saturated carbocycles. The normalized spacial score (nSPS) is 12.0. The van der Waals surface area contributed by atoms with Gasteiger partial charge in [0, 0.05) is 24.3 Å². The van der Waals surface area contributed by atoms with Crippen LogP contribution in [0.25, 0.3) is 12.2 Å². The number of benzene rings is 2. The highest BCUT2D eigenvalue weighted by Gasteiger charge is 2.14. The van der Waals surface area contributed by atoms with Gasteiger partial charge in [0.1, 0.15) is 11.5 Å². The number of furan rings is 1. The fourth-order valence-electron chi connectivity index (χ4n) is 3.30. The summed E-state index contributed by atoms with van der Waals surface area (Å²) in [7, 11) is 0. The van der Waals surface area contributed by atoms with E-state index in [0.717, 1.165) is 24.3 Å². The molecule has 1 aromatic heterocycles. The molecule has 180 valence electrons. The maximum atomic E-state index is 13.0. The molecule has 0 radical (unpaired) electrons. The average molecular weight is 471 g/mol. The second-order valence-corrected chi connectivity index (χ2v) is 7.68. The summed E-state index contributed by atoms with van der Waals surface area (Å²) in [6, 6.07) is 20.1. The summed E-state index contributed by atoms with van der Waals surface area (Å²) in [6.45, 7) is 7.75. The van der Waals surface area contributed by atoms with Gasteiger partial charge in [0.25, 0.3) is 11.8 Å². The molecule has 0 aliphatic heterocycles. The number of allylic oxidation sites excluding steroid dienone is 1. The van der Waals surface area contributed by atoms with Gasteiger partial charge in [-0.1, -0.05) is 30.3 Å². The molecular weight excluding hydrogens is 440 g/mol. The Hall–Kier alpha value is -4.39. The number of rotatable bonds is 10. The van der Waals surface area contributed by atoms with Crippen LogP contribution in [-0.4, -0.2) is 30.6 Å². The van der Waals surface area contributed by atoms with Crippen molar-refractivity contribution in [2.24, 2.45) is 5.10 Å². The van der Waals surface area contributed by atoms with Crippen LogP contribution in [0.1, 0.15) is 42.5 Å². The van der Waals surface area contributed by atoms with E-state index >= 15 is 0 Å². The van der Waals surface area contributed by atoms with E-state index in [1.165, 1.54) is 0 Å². The summed E-state index contributed by atoms with van der Waals surface area (Å²) in [5, 5.41) is 6.83. The van der Waals surface area contributed by atoms with Crippen molar-refractivity contribution >= 4 is 35.4 Å². The Morgan fingerprint density at radius 2 is 1.69 bits per heavy atom. The number of hydrogen-bond acceptors (Lipinski definition) is 5. The molecule has 2 N–H and O–H groups in total. The highest BCUT2D eigenvalue weighted by Crippen LogP contribution is 2.16. The van der Waals surface area contributed by atoms with E-state index in [2.05, 4.69) is 34.6 Å². The van der Waals surface area contributed by atoms with E-state index in [1.54, 1.807) is 61.7 Å². The lowest BCUT2D eigenvalue weighted by molar-refractivity contribution is -0.117. The minimum Gasteiger partial charge on any atom is -0.465 e. The van der Waals surface area contributed by atoms with Gasteiger partial charge in [0.05, 0.1) is 12.0 Å². The predicted octanol–water partition coefficient (Wildman–Crippen LogP) is 5.10. The molecule has 0 fully saturated rings. The Kier molecular flexibility index (Phi) is 9.19. The first-order chi connectivity index (χ1) is 17.0. The summed E-state index contributed by atoms with van der Waals surface area (Å²) >= 11 is 0. The van der Waals surface area contributed by atoms with Gasteiger partial charge in [-0.2, -0.15) is 5.10 Å². The van der Waals surface area contributed by atoms with Crippen LogP contribution in [0.4, 0.5) is 5.69 Å². The minimum absolute atomic E-state index is 0.0843. The topological polar surface area (TPSA) is 86.9 Å². The number of carbonyl (C=O) groups is 2. The molecule has 0 aliphatic carbocycles. The van der Waals surface area contributed by atoms with Gasteiger partial charge in [0.2, 0.25) is 0 Å². The molecule has 7 nitrogen and oxygen atoms in total. The number of anilines is 1. The van der Waals surface area contributed by atoms with Crippen molar-refractivity contribution in [1.29, 1.82) is 0 Å².